The van der Waals surface area contributed by atoms with E-state index >= 15 is 0 Å². The molecule has 0 aliphatic heterocycles. The average Bonchev–Trinajstić information content (AvgIpc) is 2.78. The zero-order valence-corrected chi connectivity index (χ0v) is 16.0. The Morgan fingerprint density at radius 3 is 2.31 bits per heavy atom. The van der Waals surface area contributed by atoms with Gasteiger partial charge in [-0.25, -0.2) is 0 Å². The minimum atomic E-state index is -0.387. The van der Waals surface area contributed by atoms with Crippen molar-refractivity contribution in [3.63, 3.8) is 0 Å². The van der Waals surface area contributed by atoms with E-state index in [0.29, 0.717) is 17.9 Å². The molecule has 0 bridgehead atoms. The molecule has 1 aromatic heterocycles. The number of nitrogens with zero attached hydrogens (tertiary/aromatic N) is 1. The third kappa shape index (κ3) is 5.77. The Bertz CT molecular complexity index is 985. The Kier molecular flexibility index (Phi) is 6.73. The van der Waals surface area contributed by atoms with Crippen molar-refractivity contribution in [3.8, 4) is 5.75 Å². The van der Waals surface area contributed by atoms with Crippen LogP contribution in [0.25, 0.3) is 6.08 Å². The van der Waals surface area contributed by atoms with E-state index in [4.69, 9.17) is 4.74 Å². The van der Waals surface area contributed by atoms with E-state index in [0.717, 1.165) is 11.1 Å². The van der Waals surface area contributed by atoms with E-state index in [9.17, 15) is 9.59 Å². The first-order valence-corrected chi connectivity index (χ1v) is 9.05. The lowest BCUT2D eigenvalue weighted by atomic mass is 10.1. The number of hydrogen-bond acceptors (Lipinski definition) is 4. The molecule has 3 rings (SSSR count). The van der Waals surface area contributed by atoms with E-state index in [2.05, 4.69) is 15.6 Å². The third-order valence-corrected chi connectivity index (χ3v) is 4.16. The fraction of sp³-hybridized carbons (Fsp3) is 0.0870. The normalized spacial score (nSPS) is 10.9. The minimum absolute atomic E-state index is 0.151. The van der Waals surface area contributed by atoms with E-state index in [1.165, 1.54) is 0 Å². The van der Waals surface area contributed by atoms with Gasteiger partial charge in [0.05, 0.1) is 7.11 Å². The lowest BCUT2D eigenvalue weighted by molar-refractivity contribution is -0.117. The molecule has 0 aliphatic rings. The van der Waals surface area contributed by atoms with Gasteiger partial charge < -0.3 is 15.4 Å². The van der Waals surface area contributed by atoms with Crippen molar-refractivity contribution in [3.05, 3.63) is 102 Å². The quantitative estimate of drug-likeness (QED) is 0.610. The smallest absolute Gasteiger partial charge is 0.268 e. The summed E-state index contributed by atoms with van der Waals surface area (Å²) in [5.41, 5.74) is 2.29. The van der Waals surface area contributed by atoms with Gasteiger partial charge in [-0.3, -0.25) is 14.6 Å². The topological polar surface area (TPSA) is 80.3 Å². The Morgan fingerprint density at radius 2 is 1.66 bits per heavy atom. The number of rotatable bonds is 7. The fourth-order valence-corrected chi connectivity index (χ4v) is 2.59. The van der Waals surface area contributed by atoms with Crippen molar-refractivity contribution in [2.75, 3.05) is 7.11 Å². The van der Waals surface area contributed by atoms with Gasteiger partial charge in [0.25, 0.3) is 11.8 Å². The number of amides is 2. The van der Waals surface area contributed by atoms with Gasteiger partial charge in [-0.2, -0.15) is 0 Å². The minimum Gasteiger partial charge on any atom is -0.497 e. The van der Waals surface area contributed by atoms with E-state index in [1.807, 2.05) is 30.3 Å². The van der Waals surface area contributed by atoms with Crippen LogP contribution in [-0.2, 0) is 11.3 Å². The van der Waals surface area contributed by atoms with Gasteiger partial charge in [0.1, 0.15) is 11.4 Å². The molecule has 0 saturated carbocycles. The van der Waals surface area contributed by atoms with E-state index in [-0.39, 0.29) is 17.5 Å². The fourth-order valence-electron chi connectivity index (χ4n) is 2.59. The summed E-state index contributed by atoms with van der Waals surface area (Å²) >= 11 is 0. The highest BCUT2D eigenvalue weighted by atomic mass is 16.5. The molecule has 0 atom stereocenters. The molecule has 1 heterocycles. The molecule has 0 spiro atoms. The summed E-state index contributed by atoms with van der Waals surface area (Å²) in [6.07, 6.45) is 4.95. The van der Waals surface area contributed by atoms with Gasteiger partial charge in [-0.15, -0.1) is 0 Å². The summed E-state index contributed by atoms with van der Waals surface area (Å²) in [7, 11) is 1.59. The number of aromatic nitrogens is 1. The van der Waals surface area contributed by atoms with Crippen molar-refractivity contribution >= 4 is 17.9 Å². The summed E-state index contributed by atoms with van der Waals surface area (Å²) in [4.78, 5) is 29.3. The highest BCUT2D eigenvalue weighted by Gasteiger charge is 2.14. The lowest BCUT2D eigenvalue weighted by Gasteiger charge is -2.11. The summed E-state index contributed by atoms with van der Waals surface area (Å²) in [5, 5.41) is 5.54. The van der Waals surface area contributed by atoms with Crippen molar-refractivity contribution in [1.29, 1.82) is 0 Å². The van der Waals surface area contributed by atoms with Gasteiger partial charge in [0.2, 0.25) is 0 Å². The molecule has 0 aliphatic carbocycles. The first-order valence-electron chi connectivity index (χ1n) is 9.05. The van der Waals surface area contributed by atoms with E-state index < -0.39 is 0 Å². The number of hydrogen-bond donors (Lipinski definition) is 2. The Morgan fingerprint density at radius 1 is 0.966 bits per heavy atom. The third-order valence-electron chi connectivity index (χ3n) is 4.16. The maximum Gasteiger partial charge on any atom is 0.268 e. The molecular formula is C23H21N3O3. The monoisotopic (exact) mass is 387 g/mol. The van der Waals surface area contributed by atoms with Gasteiger partial charge in [0.15, 0.2) is 0 Å². The zero-order chi connectivity index (χ0) is 20.5. The molecular weight excluding hydrogens is 366 g/mol. The van der Waals surface area contributed by atoms with Crippen LogP contribution >= 0.6 is 0 Å². The van der Waals surface area contributed by atoms with Crippen LogP contribution in [0.1, 0.15) is 21.5 Å². The first kappa shape index (κ1) is 19.8. The molecule has 6 nitrogen and oxygen atoms in total. The van der Waals surface area contributed by atoms with Crippen LogP contribution < -0.4 is 15.4 Å². The number of benzene rings is 2. The van der Waals surface area contributed by atoms with Gasteiger partial charge in [0, 0.05) is 24.5 Å². The molecule has 0 radical (unpaired) electrons. The van der Waals surface area contributed by atoms with Crippen LogP contribution in [-0.4, -0.2) is 23.9 Å². The van der Waals surface area contributed by atoms with Crippen molar-refractivity contribution in [1.82, 2.24) is 15.6 Å². The predicted octanol–water partition coefficient (Wildman–Crippen LogP) is 3.18. The molecule has 6 heteroatoms. The van der Waals surface area contributed by atoms with Crippen molar-refractivity contribution in [2.45, 2.75) is 6.54 Å². The Labute approximate surface area is 169 Å². The van der Waals surface area contributed by atoms with Gasteiger partial charge in [-0.05, 0) is 53.6 Å². The second kappa shape index (κ2) is 9.85. The molecule has 2 aromatic carbocycles. The molecule has 0 unspecified atom stereocenters. The van der Waals surface area contributed by atoms with Crippen molar-refractivity contribution in [2.24, 2.45) is 0 Å². The zero-order valence-electron chi connectivity index (χ0n) is 16.0. The Balaban J connectivity index is 1.80. The number of methoxy groups -OCH3 is 1. The summed E-state index contributed by atoms with van der Waals surface area (Å²) in [6.45, 7) is 0.322. The molecule has 29 heavy (non-hydrogen) atoms. The lowest BCUT2D eigenvalue weighted by Crippen LogP contribution is -2.34. The van der Waals surface area contributed by atoms with Crippen LogP contribution in [0.4, 0.5) is 0 Å². The maximum absolute atomic E-state index is 12.8. The summed E-state index contributed by atoms with van der Waals surface area (Å²) < 4.78 is 5.16. The van der Waals surface area contributed by atoms with Crippen molar-refractivity contribution < 1.29 is 14.3 Å². The van der Waals surface area contributed by atoms with E-state index in [1.54, 1.807) is 62.0 Å². The second-order valence-corrected chi connectivity index (χ2v) is 6.19. The van der Waals surface area contributed by atoms with Crippen LogP contribution in [0.15, 0.2) is 84.8 Å². The highest BCUT2D eigenvalue weighted by molar-refractivity contribution is 6.05. The molecule has 2 N–H and O–H groups in total. The number of carbonyl (C=O) groups is 2. The molecule has 0 fully saturated rings. The first-order chi connectivity index (χ1) is 14.2. The number of carbonyl (C=O) groups excluding carboxylic acids is 2. The molecule has 3 aromatic rings. The summed E-state index contributed by atoms with van der Waals surface area (Å²) in [6, 6.07) is 19.6. The molecule has 0 saturated heterocycles. The second-order valence-electron chi connectivity index (χ2n) is 6.19. The summed E-state index contributed by atoms with van der Waals surface area (Å²) in [5.74, 6) is -0.0366. The number of nitrogens with one attached hydrogen (secondary N) is 2. The molecule has 146 valence electrons. The van der Waals surface area contributed by atoms with Gasteiger partial charge >= 0.3 is 0 Å². The van der Waals surface area contributed by atoms with Crippen LogP contribution in [0.3, 0.4) is 0 Å². The van der Waals surface area contributed by atoms with Crippen LogP contribution in [0.5, 0.6) is 5.75 Å². The largest absolute Gasteiger partial charge is 0.497 e. The Hall–Kier alpha value is -3.93. The van der Waals surface area contributed by atoms with Gasteiger partial charge in [-0.1, -0.05) is 30.3 Å². The number of pyridine rings is 1. The van der Waals surface area contributed by atoms with Crippen LogP contribution in [0.2, 0.25) is 0 Å². The maximum atomic E-state index is 12.8. The average molecular weight is 387 g/mol. The molecule has 2 amide bonds. The predicted molar refractivity (Wildman–Crippen MR) is 111 cm³/mol. The number of ether oxygens (including phenoxy) is 1. The SMILES string of the molecule is COc1ccc(/C=C(/NC(=O)c2ccccc2)C(=O)NCc2ccncc2)cc1. The standard InChI is InChI=1S/C23H21N3O3/c1-29-20-9-7-17(8-10-20)15-21(26-22(27)19-5-3-2-4-6-19)23(28)25-16-18-11-13-24-14-12-18/h2-15H,16H2,1H3,(H,25,28)(H,26,27)/b21-15+. The highest BCUT2D eigenvalue weighted by Crippen LogP contribution is 2.14. The van der Waals surface area contributed by atoms with Crippen LogP contribution in [0, 0.1) is 0 Å².